The molecule has 1 N–H and O–H groups in total. The minimum absolute atomic E-state index is 0.213. The molecule has 0 fully saturated rings. The zero-order valence-electron chi connectivity index (χ0n) is 14.8. The maximum absolute atomic E-state index is 12.4. The maximum Gasteiger partial charge on any atom is 0.246 e. The molecule has 1 aliphatic heterocycles. The van der Waals surface area contributed by atoms with Gasteiger partial charge in [0.05, 0.1) is 6.54 Å². The lowest BCUT2D eigenvalue weighted by atomic mass is 10.2. The zero-order valence-corrected chi connectivity index (χ0v) is 14.8. The Kier molecular flexibility index (Phi) is 4.69. The maximum atomic E-state index is 12.4. The third-order valence-corrected chi connectivity index (χ3v) is 4.26. The van der Waals surface area contributed by atoms with E-state index in [9.17, 15) is 4.79 Å². The first-order valence-corrected chi connectivity index (χ1v) is 8.72. The topological polar surface area (TPSA) is 91.2 Å². The van der Waals surface area contributed by atoms with Gasteiger partial charge in [0.15, 0.2) is 11.5 Å². The summed E-state index contributed by atoms with van der Waals surface area (Å²) < 4.78 is 11.5. The fraction of sp³-hybridized carbons (Fsp3) is 0.263. The van der Waals surface area contributed by atoms with Gasteiger partial charge in [0.1, 0.15) is 18.8 Å². The molecule has 8 heteroatoms. The van der Waals surface area contributed by atoms with Crippen molar-refractivity contribution < 1.29 is 14.3 Å². The molecule has 4 rings (SSSR count). The van der Waals surface area contributed by atoms with Gasteiger partial charge >= 0.3 is 0 Å². The van der Waals surface area contributed by atoms with Gasteiger partial charge in [-0.3, -0.25) is 4.79 Å². The molecule has 1 aliphatic rings. The van der Waals surface area contributed by atoms with E-state index in [1.807, 2.05) is 54.6 Å². The van der Waals surface area contributed by atoms with Crippen LogP contribution in [0.1, 0.15) is 13.0 Å². The number of fused-ring (bicyclic) bond motifs is 1. The van der Waals surface area contributed by atoms with Gasteiger partial charge in [0.2, 0.25) is 11.7 Å². The summed E-state index contributed by atoms with van der Waals surface area (Å²) in [5.74, 6) is 1.67. The Hall–Kier alpha value is -3.42. The summed E-state index contributed by atoms with van der Waals surface area (Å²) in [5, 5.41) is 15.2. The van der Waals surface area contributed by atoms with E-state index in [1.54, 1.807) is 6.92 Å². The van der Waals surface area contributed by atoms with Crippen LogP contribution in [0, 0.1) is 0 Å². The first-order valence-electron chi connectivity index (χ1n) is 8.72. The Bertz CT molecular complexity index is 928. The molecule has 2 unspecified atom stereocenters. The molecule has 27 heavy (non-hydrogen) atoms. The van der Waals surface area contributed by atoms with E-state index in [4.69, 9.17) is 9.47 Å². The number of para-hydroxylation sites is 2. The lowest BCUT2D eigenvalue weighted by molar-refractivity contribution is -0.125. The van der Waals surface area contributed by atoms with Crippen molar-refractivity contribution in [2.75, 3.05) is 13.2 Å². The molecule has 0 radical (unpaired) electrons. The van der Waals surface area contributed by atoms with E-state index in [-0.39, 0.29) is 12.0 Å². The van der Waals surface area contributed by atoms with Crippen molar-refractivity contribution in [3.63, 3.8) is 0 Å². The monoisotopic (exact) mass is 365 g/mol. The number of rotatable bonds is 5. The number of hydrogen-bond donors (Lipinski definition) is 1. The van der Waals surface area contributed by atoms with Crippen LogP contribution in [0.4, 0.5) is 0 Å². The number of ether oxygens (including phenoxy) is 2. The Labute approximate surface area is 156 Å². The molecule has 0 saturated heterocycles. The Balaban J connectivity index is 1.34. The highest BCUT2D eigenvalue weighted by Gasteiger charge is 2.23. The average Bonchev–Trinajstić information content (AvgIpc) is 3.22. The van der Waals surface area contributed by atoms with Crippen LogP contribution in [0.3, 0.4) is 0 Å². The van der Waals surface area contributed by atoms with Crippen LogP contribution < -0.4 is 14.8 Å². The van der Waals surface area contributed by atoms with E-state index >= 15 is 0 Å². The Morgan fingerprint density at radius 3 is 2.74 bits per heavy atom. The quantitative estimate of drug-likeness (QED) is 0.742. The number of hydrogen-bond acceptors (Lipinski definition) is 6. The predicted octanol–water partition coefficient (Wildman–Crippen LogP) is 1.86. The Morgan fingerprint density at radius 2 is 1.93 bits per heavy atom. The molecule has 0 bridgehead atoms. The number of tetrazole rings is 1. The van der Waals surface area contributed by atoms with Crippen molar-refractivity contribution in [3.05, 3.63) is 54.6 Å². The largest absolute Gasteiger partial charge is 0.486 e. The third kappa shape index (κ3) is 3.74. The summed E-state index contributed by atoms with van der Waals surface area (Å²) >= 11 is 0. The summed E-state index contributed by atoms with van der Waals surface area (Å²) in [6, 6.07) is 16.4. The van der Waals surface area contributed by atoms with E-state index < -0.39 is 6.04 Å². The highest BCUT2D eigenvalue weighted by molar-refractivity contribution is 5.79. The molecule has 3 aromatic rings. The summed E-state index contributed by atoms with van der Waals surface area (Å²) in [5.41, 5.74) is 0.850. The molecule has 0 saturated carbocycles. The number of benzene rings is 2. The normalized spacial score (nSPS) is 16.6. The van der Waals surface area contributed by atoms with Crippen molar-refractivity contribution in [1.82, 2.24) is 25.5 Å². The molecule has 2 heterocycles. The second kappa shape index (κ2) is 7.45. The van der Waals surface area contributed by atoms with Gasteiger partial charge in [-0.25, -0.2) is 0 Å². The molecule has 1 amide bonds. The second-order valence-electron chi connectivity index (χ2n) is 6.22. The van der Waals surface area contributed by atoms with Gasteiger partial charge < -0.3 is 14.8 Å². The smallest absolute Gasteiger partial charge is 0.246 e. The van der Waals surface area contributed by atoms with Crippen molar-refractivity contribution in [2.24, 2.45) is 0 Å². The summed E-state index contributed by atoms with van der Waals surface area (Å²) in [4.78, 5) is 13.8. The van der Waals surface area contributed by atoms with E-state index in [0.29, 0.717) is 30.5 Å². The minimum Gasteiger partial charge on any atom is -0.486 e. The SMILES string of the molecule is CC(C(=O)NCC1COc2ccccc2O1)n1nnc(-c2ccccc2)n1. The van der Waals surface area contributed by atoms with Gasteiger partial charge in [-0.2, -0.15) is 4.80 Å². The molecular formula is C19H19N5O3. The molecule has 2 atom stereocenters. The second-order valence-corrected chi connectivity index (χ2v) is 6.22. The van der Waals surface area contributed by atoms with E-state index in [0.717, 1.165) is 5.56 Å². The lowest BCUT2D eigenvalue weighted by Crippen LogP contribution is -2.42. The fourth-order valence-electron chi connectivity index (χ4n) is 2.72. The summed E-state index contributed by atoms with van der Waals surface area (Å²) in [6.07, 6.45) is -0.250. The molecule has 138 valence electrons. The fourth-order valence-corrected chi connectivity index (χ4v) is 2.72. The molecular weight excluding hydrogens is 346 g/mol. The Morgan fingerprint density at radius 1 is 1.19 bits per heavy atom. The van der Waals surface area contributed by atoms with Crippen LogP contribution in [-0.4, -0.2) is 45.4 Å². The molecule has 2 aromatic carbocycles. The number of nitrogens with one attached hydrogen (secondary N) is 1. The van der Waals surface area contributed by atoms with Gasteiger partial charge in [-0.1, -0.05) is 42.5 Å². The first kappa shape index (κ1) is 17.0. The summed E-state index contributed by atoms with van der Waals surface area (Å²) in [7, 11) is 0. The van der Waals surface area contributed by atoms with Gasteiger partial charge in [0, 0.05) is 5.56 Å². The van der Waals surface area contributed by atoms with Crippen LogP contribution >= 0.6 is 0 Å². The van der Waals surface area contributed by atoms with Crippen molar-refractivity contribution >= 4 is 5.91 Å². The van der Waals surface area contributed by atoms with Crippen molar-refractivity contribution in [1.29, 1.82) is 0 Å². The van der Waals surface area contributed by atoms with Gasteiger partial charge in [-0.15, -0.1) is 10.2 Å². The number of nitrogens with zero attached hydrogens (tertiary/aromatic N) is 4. The zero-order chi connectivity index (χ0) is 18.6. The van der Waals surface area contributed by atoms with Crippen molar-refractivity contribution in [3.8, 4) is 22.9 Å². The van der Waals surface area contributed by atoms with Crippen LogP contribution in [0.5, 0.6) is 11.5 Å². The van der Waals surface area contributed by atoms with E-state index in [1.165, 1.54) is 4.80 Å². The number of carbonyl (C=O) groups excluding carboxylic acids is 1. The number of amides is 1. The van der Waals surface area contributed by atoms with Crippen LogP contribution in [0.25, 0.3) is 11.4 Å². The van der Waals surface area contributed by atoms with Crippen LogP contribution in [0.2, 0.25) is 0 Å². The third-order valence-electron chi connectivity index (χ3n) is 4.26. The van der Waals surface area contributed by atoms with Crippen molar-refractivity contribution in [2.45, 2.75) is 19.1 Å². The first-order chi connectivity index (χ1) is 13.2. The standard InChI is InChI=1S/C19H19N5O3/c1-13(24-22-18(21-23-24)14-7-3-2-4-8-14)19(25)20-11-15-12-26-16-9-5-6-10-17(16)27-15/h2-10,13,15H,11-12H2,1H3,(H,20,25). The summed E-state index contributed by atoms with van der Waals surface area (Å²) in [6.45, 7) is 2.43. The van der Waals surface area contributed by atoms with Crippen LogP contribution in [-0.2, 0) is 4.79 Å². The molecule has 1 aromatic heterocycles. The number of aromatic nitrogens is 4. The molecule has 0 spiro atoms. The highest BCUT2D eigenvalue weighted by Crippen LogP contribution is 2.30. The van der Waals surface area contributed by atoms with Gasteiger partial charge in [0.25, 0.3) is 0 Å². The lowest BCUT2D eigenvalue weighted by Gasteiger charge is -2.26. The van der Waals surface area contributed by atoms with Crippen LogP contribution in [0.15, 0.2) is 54.6 Å². The molecule has 0 aliphatic carbocycles. The predicted molar refractivity (Wildman–Crippen MR) is 97.3 cm³/mol. The highest BCUT2D eigenvalue weighted by atomic mass is 16.6. The molecule has 8 nitrogen and oxygen atoms in total. The van der Waals surface area contributed by atoms with Gasteiger partial charge in [-0.05, 0) is 24.3 Å². The average molecular weight is 365 g/mol. The van der Waals surface area contributed by atoms with E-state index in [2.05, 4.69) is 20.7 Å². The number of carbonyl (C=O) groups is 1. The minimum atomic E-state index is -0.591.